The number of hydrogen-bond acceptors (Lipinski definition) is 10. The number of carbonyl (C=O) groups excluding carboxylic acids is 1. The van der Waals surface area contributed by atoms with Crippen LogP contribution in [0, 0.1) is 0 Å². The molecule has 1 saturated heterocycles. The Labute approximate surface area is 167 Å². The third-order valence-corrected chi connectivity index (χ3v) is 3.98. The van der Waals surface area contributed by atoms with Crippen LogP contribution in [0.2, 0.25) is 0 Å². The number of rotatable bonds is 6. The monoisotopic (exact) mass is 419 g/mol. The first-order chi connectivity index (χ1) is 13.7. The van der Waals surface area contributed by atoms with Crippen molar-refractivity contribution >= 4 is 11.7 Å². The van der Waals surface area contributed by atoms with Gasteiger partial charge in [-0.05, 0) is 18.6 Å². The summed E-state index contributed by atoms with van der Waals surface area (Å²) in [6.07, 6.45) is -7.16. The molecule has 0 saturated carbocycles. The lowest BCUT2D eigenvalue weighted by Gasteiger charge is -2.40. The fourth-order valence-corrected chi connectivity index (χ4v) is 2.50. The maximum Gasteiger partial charge on any atom is 0.319 e. The molecule has 0 spiro atoms. The van der Waals surface area contributed by atoms with E-state index in [0.717, 1.165) is 6.07 Å². The molecule has 0 unspecified atom stereocenters. The minimum Gasteiger partial charge on any atom is -0.506 e. The molecule has 166 valence electrons. The Morgan fingerprint density at radius 1 is 1.17 bits per heavy atom. The van der Waals surface area contributed by atoms with Crippen LogP contribution in [-0.4, -0.2) is 86.4 Å². The molecule has 1 heterocycles. The number of anilines is 1. The fourth-order valence-electron chi connectivity index (χ4n) is 2.50. The number of hydroxylamine groups is 2. The van der Waals surface area contributed by atoms with Crippen LogP contribution in [0.3, 0.4) is 0 Å². The second-order valence-corrected chi connectivity index (χ2v) is 5.90. The first-order valence-electron chi connectivity index (χ1n) is 9.06. The number of amides is 2. The van der Waals surface area contributed by atoms with Gasteiger partial charge in [-0.25, -0.2) is 4.79 Å². The van der Waals surface area contributed by atoms with Crippen LogP contribution in [0.25, 0.3) is 0 Å². The highest BCUT2D eigenvalue weighted by atomic mass is 16.8. The fraction of sp³-hybridized carbons (Fsp3) is 0.588. The number of aliphatic hydroxyl groups is 3. The van der Waals surface area contributed by atoms with Crippen LogP contribution in [0.5, 0.6) is 11.5 Å². The van der Waals surface area contributed by atoms with Crippen molar-refractivity contribution in [1.29, 1.82) is 0 Å². The molecule has 0 aromatic heterocycles. The van der Waals surface area contributed by atoms with Gasteiger partial charge < -0.3 is 40.5 Å². The van der Waals surface area contributed by atoms with Crippen LogP contribution >= 0.6 is 0 Å². The van der Waals surface area contributed by atoms with Crippen molar-refractivity contribution in [3.05, 3.63) is 18.2 Å². The van der Waals surface area contributed by atoms with Crippen molar-refractivity contribution in [1.82, 2.24) is 10.5 Å². The smallest absolute Gasteiger partial charge is 0.319 e. The van der Waals surface area contributed by atoms with Gasteiger partial charge in [-0.2, -0.15) is 0 Å². The van der Waals surface area contributed by atoms with E-state index in [-0.39, 0.29) is 35.4 Å². The van der Waals surface area contributed by atoms with Crippen LogP contribution in [0.4, 0.5) is 10.5 Å². The van der Waals surface area contributed by atoms with Crippen molar-refractivity contribution in [3.8, 4) is 11.5 Å². The lowest BCUT2D eigenvalue weighted by atomic mass is 9.97. The molecular formula is C17H29N3O9. The average molecular weight is 419 g/mol. The number of hydrogen-bond donors (Lipinski definition) is 8. The van der Waals surface area contributed by atoms with Crippen molar-refractivity contribution in [2.75, 3.05) is 18.9 Å². The molecule has 1 aliphatic rings. The minimum absolute atomic E-state index is 0.0623. The summed E-state index contributed by atoms with van der Waals surface area (Å²) in [6.45, 7) is 3.72. The minimum atomic E-state index is -1.60. The maximum atomic E-state index is 11.3. The number of nitrogens with zero attached hydrogens (tertiary/aromatic N) is 1. The molecular weight excluding hydrogens is 390 g/mol. The summed E-state index contributed by atoms with van der Waals surface area (Å²) in [6, 6.07) is 3.37. The van der Waals surface area contributed by atoms with E-state index in [2.05, 4.69) is 10.6 Å². The van der Waals surface area contributed by atoms with Gasteiger partial charge in [0.15, 0.2) is 0 Å². The summed E-state index contributed by atoms with van der Waals surface area (Å²) < 4.78 is 10.8. The summed E-state index contributed by atoms with van der Waals surface area (Å²) in [4.78, 5) is 11.3. The number of benzene rings is 1. The van der Waals surface area contributed by atoms with Gasteiger partial charge in [-0.3, -0.25) is 10.4 Å². The molecule has 1 fully saturated rings. The van der Waals surface area contributed by atoms with E-state index in [1.807, 2.05) is 13.8 Å². The first kappa shape index (κ1) is 24.8. The molecule has 1 aliphatic heterocycles. The summed E-state index contributed by atoms with van der Waals surface area (Å²) >= 11 is 0. The van der Waals surface area contributed by atoms with Crippen molar-refractivity contribution in [3.63, 3.8) is 0 Å². The Hall–Kier alpha value is -2.19. The quantitative estimate of drug-likeness (QED) is 0.227. The van der Waals surface area contributed by atoms with Gasteiger partial charge in [0.1, 0.15) is 29.8 Å². The summed E-state index contributed by atoms with van der Waals surface area (Å²) in [5, 5.41) is 62.0. The van der Waals surface area contributed by atoms with E-state index < -0.39 is 36.7 Å². The Morgan fingerprint density at radius 2 is 1.83 bits per heavy atom. The van der Waals surface area contributed by atoms with Gasteiger partial charge >= 0.3 is 6.03 Å². The van der Waals surface area contributed by atoms with Crippen molar-refractivity contribution in [2.24, 2.45) is 0 Å². The van der Waals surface area contributed by atoms with E-state index in [1.165, 1.54) is 19.2 Å². The van der Waals surface area contributed by atoms with E-state index in [9.17, 15) is 25.2 Å². The first-order valence-corrected chi connectivity index (χ1v) is 9.06. The topological polar surface area (TPSA) is 184 Å². The molecule has 29 heavy (non-hydrogen) atoms. The number of urea groups is 1. The highest BCUT2D eigenvalue weighted by Crippen LogP contribution is 2.31. The summed E-state index contributed by atoms with van der Waals surface area (Å²) in [5.74, 6) is -0.248. The highest BCUT2D eigenvalue weighted by molar-refractivity contribution is 5.90. The molecule has 0 aliphatic carbocycles. The zero-order valence-electron chi connectivity index (χ0n) is 16.4. The number of phenolic OH excluding ortho intramolecular Hbond substituents is 1. The largest absolute Gasteiger partial charge is 0.506 e. The predicted octanol–water partition coefficient (Wildman–Crippen LogP) is -0.173. The Kier molecular flexibility index (Phi) is 10.0. The average Bonchev–Trinajstić information content (AvgIpc) is 2.70. The predicted molar refractivity (Wildman–Crippen MR) is 99.7 cm³/mol. The Bertz CT molecular complexity index is 647. The van der Waals surface area contributed by atoms with Crippen LogP contribution in [0.15, 0.2) is 18.2 Å². The summed E-state index contributed by atoms with van der Waals surface area (Å²) in [7, 11) is 1.41. The highest BCUT2D eigenvalue weighted by Gasteiger charge is 2.44. The van der Waals surface area contributed by atoms with Gasteiger partial charge in [-0.15, -0.1) is 0 Å². The molecule has 1 aromatic carbocycles. The van der Waals surface area contributed by atoms with Crippen LogP contribution in [-0.2, 0) is 4.74 Å². The van der Waals surface area contributed by atoms with E-state index in [1.54, 1.807) is 0 Å². The van der Waals surface area contributed by atoms with Crippen molar-refractivity contribution < 1.29 is 45.1 Å². The SMILES string of the molecule is CC.CNC(=O)Nc1ccc(O[C@H]2O[C@H](CCN(O)O)[C@@H](O)[C@H](O)[C@@H]2O)cc1O. The molecule has 5 atom stereocenters. The number of aliphatic hydroxyl groups excluding tert-OH is 3. The second-order valence-electron chi connectivity index (χ2n) is 5.90. The molecule has 1 aromatic rings. The van der Waals surface area contributed by atoms with Crippen LogP contribution < -0.4 is 15.4 Å². The number of carbonyl (C=O) groups is 1. The molecule has 2 amide bonds. The zero-order valence-corrected chi connectivity index (χ0v) is 16.4. The number of aromatic hydroxyl groups is 1. The van der Waals surface area contributed by atoms with Crippen LogP contribution in [0.1, 0.15) is 20.3 Å². The zero-order chi connectivity index (χ0) is 22.1. The second kappa shape index (κ2) is 11.7. The molecule has 2 rings (SSSR count). The van der Waals surface area contributed by atoms with Gasteiger partial charge in [0.2, 0.25) is 6.29 Å². The number of nitrogens with one attached hydrogen (secondary N) is 2. The van der Waals surface area contributed by atoms with Gasteiger partial charge in [0, 0.05) is 13.1 Å². The molecule has 8 N–H and O–H groups in total. The Morgan fingerprint density at radius 3 is 2.38 bits per heavy atom. The standard InChI is InChI=1S/C15H23N3O9.C2H6/c1-16-15(23)17-8-3-2-7(6-9(8)19)26-14-13(22)12(21)11(20)10(27-14)4-5-18(24)25;1-2/h2-3,6,10-14,19-22,24-25H,4-5H2,1H3,(H2,16,17,23);1-2H3/t10-,11-,12+,13+,14+;/m1./s1. The summed E-state index contributed by atoms with van der Waals surface area (Å²) in [5.41, 5.74) is 0.117. The number of ether oxygens (including phenoxy) is 2. The maximum absolute atomic E-state index is 11.3. The van der Waals surface area contributed by atoms with Gasteiger partial charge in [0.25, 0.3) is 0 Å². The molecule has 0 radical (unpaired) electrons. The Balaban J connectivity index is 0.00000204. The van der Waals surface area contributed by atoms with Gasteiger partial charge in [-0.1, -0.05) is 19.1 Å². The number of phenols is 1. The molecule has 12 nitrogen and oxygen atoms in total. The molecule has 12 heteroatoms. The lowest BCUT2D eigenvalue weighted by Crippen LogP contribution is -2.59. The lowest BCUT2D eigenvalue weighted by molar-refractivity contribution is -0.317. The molecule has 0 bridgehead atoms. The third kappa shape index (κ3) is 6.97. The normalized spacial score (nSPS) is 26.3. The third-order valence-electron chi connectivity index (χ3n) is 3.98. The van der Waals surface area contributed by atoms with Gasteiger partial charge in [0.05, 0.1) is 18.3 Å². The van der Waals surface area contributed by atoms with E-state index >= 15 is 0 Å². The van der Waals surface area contributed by atoms with Crippen molar-refractivity contribution in [2.45, 2.75) is 51.0 Å². The van der Waals surface area contributed by atoms with E-state index in [0.29, 0.717) is 0 Å². The van der Waals surface area contributed by atoms with E-state index in [4.69, 9.17) is 19.9 Å².